The van der Waals surface area contributed by atoms with Crippen LogP contribution in [0.2, 0.25) is 0 Å². The van der Waals surface area contributed by atoms with E-state index in [1.807, 2.05) is 6.07 Å². The van der Waals surface area contributed by atoms with Crippen LogP contribution in [0, 0.1) is 11.3 Å². The van der Waals surface area contributed by atoms with Crippen LogP contribution in [0.1, 0.15) is 24.8 Å². The number of rotatable bonds is 3. The quantitative estimate of drug-likeness (QED) is 0.750. The van der Waals surface area contributed by atoms with Crippen LogP contribution in [0.5, 0.6) is 0 Å². The summed E-state index contributed by atoms with van der Waals surface area (Å²) < 4.78 is 2.10. The maximum Gasteiger partial charge on any atom is 0.332 e. The molecule has 0 aliphatic heterocycles. The van der Waals surface area contributed by atoms with E-state index in [0.29, 0.717) is 12.8 Å². The Morgan fingerprint density at radius 2 is 2.00 bits per heavy atom. The summed E-state index contributed by atoms with van der Waals surface area (Å²) in [7, 11) is 2.81. The molecular weight excluding hydrogens is 248 g/mol. The Morgan fingerprint density at radius 3 is 2.47 bits per heavy atom. The Hall–Kier alpha value is -2.07. The molecule has 1 aliphatic carbocycles. The van der Waals surface area contributed by atoms with Gasteiger partial charge in [-0.15, -0.1) is 0 Å². The minimum absolute atomic E-state index is 0.118. The van der Waals surface area contributed by atoms with Crippen LogP contribution in [-0.4, -0.2) is 26.4 Å². The molecule has 102 valence electrons. The van der Waals surface area contributed by atoms with Crippen molar-refractivity contribution >= 4 is 5.82 Å². The molecule has 0 spiro atoms. The maximum absolute atomic E-state index is 11.8. The number of nitriles is 1. The molecule has 2 N–H and O–H groups in total. The Kier molecular flexibility index (Phi) is 3.20. The third-order valence-corrected chi connectivity index (χ3v) is 3.65. The predicted molar refractivity (Wildman–Crippen MR) is 68.9 cm³/mol. The summed E-state index contributed by atoms with van der Waals surface area (Å²) in [6, 6.07) is 1.81. The zero-order valence-electron chi connectivity index (χ0n) is 10.9. The normalized spacial score (nSPS) is 16.5. The van der Waals surface area contributed by atoms with Crippen molar-refractivity contribution in [3.8, 4) is 6.07 Å². The first-order valence-corrected chi connectivity index (χ1v) is 6.06. The van der Waals surface area contributed by atoms with Crippen molar-refractivity contribution in [1.82, 2.24) is 9.13 Å². The average Bonchev–Trinajstić information content (AvgIpc) is 2.36. The van der Waals surface area contributed by atoms with Crippen LogP contribution in [0.4, 0.5) is 5.82 Å². The van der Waals surface area contributed by atoms with Crippen molar-refractivity contribution in [3.05, 3.63) is 26.4 Å². The highest BCUT2D eigenvalue weighted by atomic mass is 16.3. The van der Waals surface area contributed by atoms with Gasteiger partial charge in [-0.2, -0.15) is 5.26 Å². The molecule has 0 amide bonds. The molecule has 1 aromatic rings. The zero-order chi connectivity index (χ0) is 14.2. The zero-order valence-corrected chi connectivity index (χ0v) is 10.9. The third-order valence-electron chi connectivity index (χ3n) is 3.65. The van der Waals surface area contributed by atoms with Crippen LogP contribution in [0.3, 0.4) is 0 Å². The molecule has 7 heteroatoms. The van der Waals surface area contributed by atoms with E-state index in [4.69, 9.17) is 5.26 Å². The number of hydrogen-bond donors (Lipinski definition) is 2. The second kappa shape index (κ2) is 4.55. The van der Waals surface area contributed by atoms with E-state index >= 15 is 0 Å². The van der Waals surface area contributed by atoms with Gasteiger partial charge in [-0.05, 0) is 19.3 Å². The van der Waals surface area contributed by atoms with E-state index < -0.39 is 16.9 Å². The highest BCUT2D eigenvalue weighted by Gasteiger charge is 2.34. The topological polar surface area (TPSA) is 100 Å². The molecule has 0 radical (unpaired) electrons. The lowest BCUT2D eigenvalue weighted by Gasteiger charge is -2.37. The summed E-state index contributed by atoms with van der Waals surface area (Å²) in [5, 5.41) is 21.9. The largest absolute Gasteiger partial charge is 0.388 e. The Bertz CT molecular complexity index is 661. The summed E-state index contributed by atoms with van der Waals surface area (Å²) in [6.45, 7) is 0.224. The smallest absolute Gasteiger partial charge is 0.332 e. The van der Waals surface area contributed by atoms with Crippen molar-refractivity contribution in [2.75, 3.05) is 11.9 Å². The Morgan fingerprint density at radius 1 is 1.37 bits per heavy atom. The van der Waals surface area contributed by atoms with Crippen LogP contribution >= 0.6 is 0 Å². The number of anilines is 1. The van der Waals surface area contributed by atoms with Gasteiger partial charge in [0.05, 0.1) is 5.60 Å². The van der Waals surface area contributed by atoms with E-state index in [9.17, 15) is 14.7 Å². The Labute approximate surface area is 109 Å². The van der Waals surface area contributed by atoms with E-state index in [0.717, 1.165) is 11.0 Å². The summed E-state index contributed by atoms with van der Waals surface area (Å²) in [6.07, 6.45) is 2.32. The van der Waals surface area contributed by atoms with Gasteiger partial charge in [-0.25, -0.2) is 4.79 Å². The van der Waals surface area contributed by atoms with Crippen LogP contribution in [-0.2, 0) is 14.1 Å². The molecular formula is C12H16N4O3. The number of nitrogens with zero attached hydrogens (tertiary/aromatic N) is 3. The minimum atomic E-state index is -0.802. The van der Waals surface area contributed by atoms with Crippen molar-refractivity contribution in [2.45, 2.75) is 24.9 Å². The predicted octanol–water partition coefficient (Wildman–Crippen LogP) is -0.717. The maximum atomic E-state index is 11.8. The van der Waals surface area contributed by atoms with Gasteiger partial charge in [0.25, 0.3) is 5.56 Å². The molecule has 1 aliphatic rings. The average molecular weight is 264 g/mol. The molecule has 0 unspecified atom stereocenters. The fourth-order valence-electron chi connectivity index (χ4n) is 2.16. The molecule has 1 saturated carbocycles. The van der Waals surface area contributed by atoms with E-state index in [1.165, 1.54) is 18.7 Å². The first-order chi connectivity index (χ1) is 8.89. The second-order valence-electron chi connectivity index (χ2n) is 4.97. The summed E-state index contributed by atoms with van der Waals surface area (Å²) in [5.41, 5.74) is -2.06. The fraction of sp³-hybridized carbons (Fsp3) is 0.583. The third kappa shape index (κ3) is 2.15. The van der Waals surface area contributed by atoms with E-state index in [-0.39, 0.29) is 17.9 Å². The minimum Gasteiger partial charge on any atom is -0.388 e. The van der Waals surface area contributed by atoms with Crippen molar-refractivity contribution in [3.63, 3.8) is 0 Å². The number of hydrogen-bond acceptors (Lipinski definition) is 5. The molecule has 1 fully saturated rings. The summed E-state index contributed by atoms with van der Waals surface area (Å²) >= 11 is 0. The van der Waals surface area contributed by atoms with Crippen molar-refractivity contribution in [2.24, 2.45) is 14.1 Å². The van der Waals surface area contributed by atoms with Crippen molar-refractivity contribution in [1.29, 1.82) is 5.26 Å². The standard InChI is InChI=1S/C12H16N4O3/c1-15-9(14-7-12(19)4-3-5-12)8(6-13)10(17)16(2)11(15)18/h14,19H,3-5,7H2,1-2H3. The van der Waals surface area contributed by atoms with Gasteiger partial charge >= 0.3 is 5.69 Å². The van der Waals surface area contributed by atoms with E-state index in [2.05, 4.69) is 5.32 Å². The lowest BCUT2D eigenvalue weighted by molar-refractivity contribution is -0.0203. The fourth-order valence-corrected chi connectivity index (χ4v) is 2.16. The first-order valence-electron chi connectivity index (χ1n) is 6.06. The van der Waals surface area contributed by atoms with Crippen molar-refractivity contribution < 1.29 is 5.11 Å². The monoisotopic (exact) mass is 264 g/mol. The summed E-state index contributed by atoms with van der Waals surface area (Å²) in [5.74, 6) is 0.163. The molecule has 1 aromatic heterocycles. The lowest BCUT2D eigenvalue weighted by Crippen LogP contribution is -2.45. The molecule has 1 heterocycles. The van der Waals surface area contributed by atoms with Crippen LogP contribution in [0.25, 0.3) is 0 Å². The Balaban J connectivity index is 2.42. The molecule has 7 nitrogen and oxygen atoms in total. The molecule has 0 bridgehead atoms. The van der Waals surface area contributed by atoms with Gasteiger partial charge in [0.1, 0.15) is 11.9 Å². The molecule has 0 atom stereocenters. The van der Waals surface area contributed by atoms with Gasteiger partial charge in [-0.1, -0.05) is 0 Å². The highest BCUT2D eigenvalue weighted by molar-refractivity contribution is 5.51. The van der Waals surface area contributed by atoms with Gasteiger partial charge in [0, 0.05) is 20.6 Å². The molecule has 2 rings (SSSR count). The summed E-state index contributed by atoms with van der Waals surface area (Å²) in [4.78, 5) is 23.6. The molecule has 0 saturated heterocycles. The highest BCUT2D eigenvalue weighted by Crippen LogP contribution is 2.31. The first kappa shape index (κ1) is 13.4. The van der Waals surface area contributed by atoms with Gasteiger partial charge in [-0.3, -0.25) is 13.9 Å². The van der Waals surface area contributed by atoms with Crippen LogP contribution < -0.4 is 16.6 Å². The lowest BCUT2D eigenvalue weighted by atomic mass is 9.80. The van der Waals surface area contributed by atoms with Gasteiger partial charge < -0.3 is 10.4 Å². The number of aromatic nitrogens is 2. The molecule has 0 aromatic carbocycles. The van der Waals surface area contributed by atoms with Gasteiger partial charge in [0.2, 0.25) is 0 Å². The SMILES string of the molecule is Cn1c(NCC2(O)CCC2)c(C#N)c(=O)n(C)c1=O. The van der Waals surface area contributed by atoms with Crippen LogP contribution in [0.15, 0.2) is 9.59 Å². The number of nitrogens with one attached hydrogen (secondary N) is 1. The van der Waals surface area contributed by atoms with E-state index in [1.54, 1.807) is 0 Å². The second-order valence-corrected chi connectivity index (χ2v) is 4.97. The number of aliphatic hydroxyl groups is 1. The van der Waals surface area contributed by atoms with Gasteiger partial charge in [0.15, 0.2) is 5.56 Å². The molecule has 19 heavy (non-hydrogen) atoms.